The lowest BCUT2D eigenvalue weighted by atomic mass is 9.97. The monoisotopic (exact) mass is 292 g/mol. The van der Waals surface area contributed by atoms with E-state index in [1.807, 2.05) is 0 Å². The molecule has 6 nitrogen and oxygen atoms in total. The number of carbonyl (C=O) groups is 1. The molecule has 1 aliphatic rings. The van der Waals surface area contributed by atoms with Gasteiger partial charge in [-0.2, -0.15) is 0 Å². The lowest BCUT2D eigenvalue weighted by molar-refractivity contribution is -0.125. The second-order valence-corrected chi connectivity index (χ2v) is 5.32. The zero-order chi connectivity index (χ0) is 14.9. The predicted molar refractivity (Wildman–Crippen MR) is 81.1 cm³/mol. The van der Waals surface area contributed by atoms with E-state index in [0.717, 1.165) is 51.3 Å². The highest BCUT2D eigenvalue weighted by atomic mass is 16.5. The van der Waals surface area contributed by atoms with Crippen LogP contribution in [0.15, 0.2) is 18.5 Å². The van der Waals surface area contributed by atoms with Gasteiger partial charge >= 0.3 is 0 Å². The summed E-state index contributed by atoms with van der Waals surface area (Å²) in [7, 11) is 1.70. The number of amides is 1. The quantitative estimate of drug-likeness (QED) is 0.766. The molecule has 6 heteroatoms. The van der Waals surface area contributed by atoms with Crippen molar-refractivity contribution in [2.75, 3.05) is 38.3 Å². The van der Waals surface area contributed by atoms with E-state index < -0.39 is 0 Å². The molecule has 1 aromatic rings. The second-order valence-electron chi connectivity index (χ2n) is 5.32. The Bertz CT molecular complexity index is 427. The van der Waals surface area contributed by atoms with E-state index in [0.29, 0.717) is 6.54 Å². The molecule has 0 aliphatic carbocycles. The molecule has 1 saturated heterocycles. The van der Waals surface area contributed by atoms with Crippen LogP contribution in [-0.4, -0.2) is 49.2 Å². The molecular weight excluding hydrogens is 268 g/mol. The third-order valence-corrected chi connectivity index (χ3v) is 3.70. The van der Waals surface area contributed by atoms with Gasteiger partial charge in [-0.15, -0.1) is 0 Å². The van der Waals surface area contributed by atoms with Crippen molar-refractivity contribution in [1.82, 2.24) is 15.3 Å². The Hall–Kier alpha value is -1.69. The fourth-order valence-electron chi connectivity index (χ4n) is 2.55. The topological polar surface area (TPSA) is 67.3 Å². The third-order valence-electron chi connectivity index (χ3n) is 3.70. The van der Waals surface area contributed by atoms with Crippen molar-refractivity contribution in [1.29, 1.82) is 0 Å². The van der Waals surface area contributed by atoms with E-state index in [1.54, 1.807) is 25.6 Å². The van der Waals surface area contributed by atoms with Crippen molar-refractivity contribution in [2.24, 2.45) is 5.92 Å². The number of rotatable bonds is 7. The molecule has 1 aliphatic heterocycles. The standard InChI is InChI=1S/C15H24N4O2/c1-21-11-3-2-7-16-14(20)13-6-4-10-19(12-13)15-17-8-5-9-18-15/h5,8-9,13H,2-4,6-7,10-12H2,1H3,(H,16,20). The van der Waals surface area contributed by atoms with Gasteiger partial charge in [0.05, 0.1) is 5.92 Å². The number of methoxy groups -OCH3 is 1. The average molecular weight is 292 g/mol. The number of hydrogen-bond donors (Lipinski definition) is 1. The molecule has 21 heavy (non-hydrogen) atoms. The van der Waals surface area contributed by atoms with Crippen molar-refractivity contribution < 1.29 is 9.53 Å². The summed E-state index contributed by atoms with van der Waals surface area (Å²) < 4.78 is 4.99. The summed E-state index contributed by atoms with van der Waals surface area (Å²) in [5, 5.41) is 3.02. The van der Waals surface area contributed by atoms with Crippen molar-refractivity contribution in [3.63, 3.8) is 0 Å². The Balaban J connectivity index is 1.76. The van der Waals surface area contributed by atoms with Gasteiger partial charge in [-0.1, -0.05) is 0 Å². The number of ether oxygens (including phenoxy) is 1. The molecule has 1 aromatic heterocycles. The third kappa shape index (κ3) is 4.97. The first kappa shape index (κ1) is 15.7. The summed E-state index contributed by atoms with van der Waals surface area (Å²) in [4.78, 5) is 22.8. The van der Waals surface area contributed by atoms with Gasteiger partial charge in [-0.25, -0.2) is 9.97 Å². The molecule has 2 heterocycles. The Labute approximate surface area is 125 Å². The number of aromatic nitrogens is 2. The molecule has 1 N–H and O–H groups in total. The van der Waals surface area contributed by atoms with Gasteiger partial charge in [-0.3, -0.25) is 4.79 Å². The Kier molecular flexibility index (Phi) is 6.40. The zero-order valence-electron chi connectivity index (χ0n) is 12.6. The number of nitrogens with one attached hydrogen (secondary N) is 1. The van der Waals surface area contributed by atoms with Gasteiger partial charge < -0.3 is 15.0 Å². The maximum Gasteiger partial charge on any atom is 0.225 e. The second kappa shape index (κ2) is 8.56. The van der Waals surface area contributed by atoms with Gasteiger partial charge in [-0.05, 0) is 31.7 Å². The van der Waals surface area contributed by atoms with Crippen molar-refractivity contribution in [3.05, 3.63) is 18.5 Å². The lowest BCUT2D eigenvalue weighted by Crippen LogP contribution is -2.43. The first-order chi connectivity index (χ1) is 10.3. The zero-order valence-corrected chi connectivity index (χ0v) is 12.6. The van der Waals surface area contributed by atoms with Gasteiger partial charge in [0.2, 0.25) is 11.9 Å². The molecule has 1 unspecified atom stereocenters. The number of hydrogen-bond acceptors (Lipinski definition) is 5. The normalized spacial score (nSPS) is 18.5. The number of piperidine rings is 1. The van der Waals surface area contributed by atoms with Crippen LogP contribution in [0.4, 0.5) is 5.95 Å². The van der Waals surface area contributed by atoms with E-state index in [-0.39, 0.29) is 11.8 Å². The Morgan fingerprint density at radius 1 is 1.43 bits per heavy atom. The molecule has 0 aromatic carbocycles. The fraction of sp³-hybridized carbons (Fsp3) is 0.667. The molecule has 0 saturated carbocycles. The predicted octanol–water partition coefficient (Wildman–Crippen LogP) is 1.24. The van der Waals surface area contributed by atoms with Gasteiger partial charge in [0.1, 0.15) is 0 Å². The van der Waals surface area contributed by atoms with Crippen LogP contribution in [-0.2, 0) is 9.53 Å². The summed E-state index contributed by atoms with van der Waals surface area (Å²) in [5.74, 6) is 0.896. The molecule has 1 atom stereocenters. The smallest absolute Gasteiger partial charge is 0.225 e. The van der Waals surface area contributed by atoms with E-state index >= 15 is 0 Å². The fourth-order valence-corrected chi connectivity index (χ4v) is 2.55. The largest absolute Gasteiger partial charge is 0.385 e. The highest BCUT2D eigenvalue weighted by Crippen LogP contribution is 2.19. The van der Waals surface area contributed by atoms with E-state index in [4.69, 9.17) is 4.74 Å². The molecule has 2 rings (SSSR count). The number of carbonyl (C=O) groups excluding carboxylic acids is 1. The van der Waals surface area contributed by atoms with Crippen molar-refractivity contribution >= 4 is 11.9 Å². The molecule has 1 fully saturated rings. The van der Waals surface area contributed by atoms with Crippen LogP contribution in [0.3, 0.4) is 0 Å². The van der Waals surface area contributed by atoms with Crippen LogP contribution < -0.4 is 10.2 Å². The molecule has 0 spiro atoms. The molecular formula is C15H24N4O2. The van der Waals surface area contributed by atoms with E-state index in [2.05, 4.69) is 20.2 Å². The molecule has 116 valence electrons. The Morgan fingerprint density at radius 2 is 2.24 bits per heavy atom. The van der Waals surface area contributed by atoms with Gasteiger partial charge in [0.25, 0.3) is 0 Å². The van der Waals surface area contributed by atoms with E-state index in [9.17, 15) is 4.79 Å². The SMILES string of the molecule is COCCCCNC(=O)C1CCCN(c2ncccn2)C1. The maximum atomic E-state index is 12.2. The van der Waals surface area contributed by atoms with Crippen molar-refractivity contribution in [2.45, 2.75) is 25.7 Å². The summed E-state index contributed by atoms with van der Waals surface area (Å²) in [6, 6.07) is 1.80. The highest BCUT2D eigenvalue weighted by Gasteiger charge is 2.26. The van der Waals surface area contributed by atoms with Crippen LogP contribution in [0.25, 0.3) is 0 Å². The minimum atomic E-state index is 0.0324. The minimum absolute atomic E-state index is 0.0324. The van der Waals surface area contributed by atoms with Crippen molar-refractivity contribution in [3.8, 4) is 0 Å². The summed E-state index contributed by atoms with van der Waals surface area (Å²) in [6.07, 6.45) is 7.35. The molecule has 0 radical (unpaired) electrons. The highest BCUT2D eigenvalue weighted by molar-refractivity contribution is 5.79. The molecule has 0 bridgehead atoms. The van der Waals surface area contributed by atoms with Crippen LogP contribution >= 0.6 is 0 Å². The first-order valence-electron chi connectivity index (χ1n) is 7.60. The van der Waals surface area contributed by atoms with Gasteiger partial charge in [0, 0.05) is 45.7 Å². The minimum Gasteiger partial charge on any atom is -0.385 e. The number of anilines is 1. The van der Waals surface area contributed by atoms with Crippen LogP contribution in [0.5, 0.6) is 0 Å². The summed E-state index contributed by atoms with van der Waals surface area (Å²) in [5.41, 5.74) is 0. The van der Waals surface area contributed by atoms with Crippen LogP contribution in [0.2, 0.25) is 0 Å². The first-order valence-corrected chi connectivity index (χ1v) is 7.60. The molecule has 1 amide bonds. The van der Waals surface area contributed by atoms with Crippen LogP contribution in [0.1, 0.15) is 25.7 Å². The number of nitrogens with zero attached hydrogens (tertiary/aromatic N) is 3. The Morgan fingerprint density at radius 3 is 3.00 bits per heavy atom. The number of unbranched alkanes of at least 4 members (excludes halogenated alkanes) is 1. The summed E-state index contributed by atoms with van der Waals surface area (Å²) in [6.45, 7) is 3.09. The maximum absolute atomic E-state index is 12.2. The van der Waals surface area contributed by atoms with Crippen LogP contribution in [0, 0.1) is 5.92 Å². The summed E-state index contributed by atoms with van der Waals surface area (Å²) >= 11 is 0. The average Bonchev–Trinajstić information content (AvgIpc) is 2.55. The van der Waals surface area contributed by atoms with E-state index in [1.165, 1.54) is 0 Å². The lowest BCUT2D eigenvalue weighted by Gasteiger charge is -2.31. The van der Waals surface area contributed by atoms with Gasteiger partial charge in [0.15, 0.2) is 0 Å².